The summed E-state index contributed by atoms with van der Waals surface area (Å²) in [4.78, 5) is 6.90. The van der Waals surface area contributed by atoms with E-state index >= 15 is 0 Å². The second-order valence-electron chi connectivity index (χ2n) is 9.00. The van der Waals surface area contributed by atoms with Crippen LogP contribution in [0.25, 0.3) is 16.8 Å². The third kappa shape index (κ3) is 3.53. The molecule has 2 aromatic heterocycles. The van der Waals surface area contributed by atoms with Crippen molar-refractivity contribution in [1.82, 2.24) is 14.3 Å². The van der Waals surface area contributed by atoms with Crippen molar-refractivity contribution in [3.63, 3.8) is 0 Å². The summed E-state index contributed by atoms with van der Waals surface area (Å²) in [7, 11) is 0. The van der Waals surface area contributed by atoms with Crippen LogP contribution in [0.4, 0.5) is 0 Å². The highest BCUT2D eigenvalue weighted by Gasteiger charge is 2.39. The van der Waals surface area contributed by atoms with Crippen molar-refractivity contribution in [1.29, 1.82) is 0 Å². The molecule has 0 N–H and O–H groups in total. The van der Waals surface area contributed by atoms with Gasteiger partial charge in [0.25, 0.3) is 0 Å². The molecule has 0 unspecified atom stereocenters. The van der Waals surface area contributed by atoms with E-state index in [1.807, 2.05) is 16.7 Å². The Morgan fingerprint density at radius 3 is 2.76 bits per heavy atom. The van der Waals surface area contributed by atoms with Crippen LogP contribution in [0.5, 0.6) is 5.75 Å². The molecule has 2 aliphatic rings. The predicted molar refractivity (Wildman–Crippen MR) is 118 cm³/mol. The van der Waals surface area contributed by atoms with E-state index in [1.54, 1.807) is 6.20 Å². The van der Waals surface area contributed by atoms with Gasteiger partial charge in [0.2, 0.25) is 0 Å². The van der Waals surface area contributed by atoms with Crippen molar-refractivity contribution in [2.45, 2.75) is 45.1 Å². The van der Waals surface area contributed by atoms with Gasteiger partial charge in [-0.15, -0.1) is 0 Å². The van der Waals surface area contributed by atoms with Crippen LogP contribution in [0.1, 0.15) is 38.7 Å². The first-order valence-corrected chi connectivity index (χ1v) is 11.1. The number of hydrogen-bond acceptors (Lipinski definition) is 3. The number of benzene rings is 1. The third-order valence-corrected chi connectivity index (χ3v) is 6.83. The van der Waals surface area contributed by atoms with Gasteiger partial charge >= 0.3 is 0 Å². The summed E-state index contributed by atoms with van der Waals surface area (Å²) in [5, 5.41) is 0.700. The minimum atomic E-state index is 0.0232. The highest BCUT2D eigenvalue weighted by atomic mass is 35.5. The Balaban J connectivity index is 1.37. The van der Waals surface area contributed by atoms with Gasteiger partial charge in [-0.2, -0.15) is 0 Å². The molecule has 1 spiro atoms. The minimum Gasteiger partial charge on any atom is -0.487 e. The molecule has 4 heterocycles. The van der Waals surface area contributed by atoms with E-state index in [-0.39, 0.29) is 5.60 Å². The Kier molecular flexibility index (Phi) is 4.79. The summed E-state index contributed by atoms with van der Waals surface area (Å²) in [6, 6.07) is 10.6. The number of halogens is 1. The van der Waals surface area contributed by atoms with Crippen LogP contribution in [0.3, 0.4) is 0 Å². The fourth-order valence-electron chi connectivity index (χ4n) is 4.88. The molecule has 3 aromatic rings. The normalized spacial score (nSPS) is 18.9. The quantitative estimate of drug-likeness (QED) is 0.537. The maximum absolute atomic E-state index is 6.65. The number of nitrogens with zero attached hydrogens (tertiary/aromatic N) is 3. The lowest BCUT2D eigenvalue weighted by atomic mass is 9.82. The van der Waals surface area contributed by atoms with Gasteiger partial charge in [0.1, 0.15) is 22.2 Å². The van der Waals surface area contributed by atoms with Crippen molar-refractivity contribution < 1.29 is 4.74 Å². The van der Waals surface area contributed by atoms with E-state index in [0.717, 1.165) is 67.2 Å². The first-order valence-electron chi connectivity index (χ1n) is 10.7. The molecule has 1 aromatic carbocycles. The first-order chi connectivity index (χ1) is 14.0. The van der Waals surface area contributed by atoms with Crippen LogP contribution in [-0.2, 0) is 6.42 Å². The van der Waals surface area contributed by atoms with Crippen LogP contribution in [-0.4, -0.2) is 39.5 Å². The number of rotatable bonds is 3. The van der Waals surface area contributed by atoms with Gasteiger partial charge in [-0.05, 0) is 67.0 Å². The Bertz CT molecular complexity index is 1030. The lowest BCUT2D eigenvalue weighted by Crippen LogP contribution is -2.50. The zero-order valence-electron chi connectivity index (χ0n) is 17.2. The topological polar surface area (TPSA) is 29.8 Å². The number of hydrogen-bond donors (Lipinski definition) is 0. The summed E-state index contributed by atoms with van der Waals surface area (Å²) in [6.45, 7) is 8.08. The molecule has 152 valence electrons. The maximum atomic E-state index is 6.65. The molecular formula is C24H28ClN3O. The number of piperidine rings is 1. The molecule has 1 fully saturated rings. The van der Waals surface area contributed by atoms with Gasteiger partial charge in [-0.1, -0.05) is 31.5 Å². The molecule has 4 nitrogen and oxygen atoms in total. The van der Waals surface area contributed by atoms with Crippen LogP contribution < -0.4 is 4.74 Å². The van der Waals surface area contributed by atoms with Crippen LogP contribution >= 0.6 is 11.6 Å². The summed E-state index contributed by atoms with van der Waals surface area (Å²) >= 11 is 6.65. The molecule has 2 aliphatic heterocycles. The number of aromatic nitrogens is 2. The summed E-state index contributed by atoms with van der Waals surface area (Å²) in [6.07, 6.45) is 8.11. The summed E-state index contributed by atoms with van der Waals surface area (Å²) < 4.78 is 8.54. The zero-order valence-corrected chi connectivity index (χ0v) is 18.0. The number of ether oxygens (including phenoxy) is 1. The molecule has 1 saturated heterocycles. The number of aryl methyl sites for hydroxylation is 1. The standard InChI is InChI=1S/C24H28ClN3O/c1-17(2)16-27-12-9-24(10-13-27)8-7-19-15-18(3-5-21(19)29-24)20-4-6-22-26-11-14-28(22)23(20)25/h3-6,11,14-15,17H,7-10,12-13,16H2,1-2H3. The van der Waals surface area contributed by atoms with Crippen molar-refractivity contribution in [3.05, 3.63) is 53.4 Å². The molecule has 0 saturated carbocycles. The molecule has 0 aliphatic carbocycles. The van der Waals surface area contributed by atoms with Crippen molar-refractivity contribution in [2.24, 2.45) is 5.92 Å². The number of likely N-dealkylation sites (tertiary alicyclic amines) is 1. The molecule has 0 radical (unpaired) electrons. The Labute approximate surface area is 177 Å². The summed E-state index contributed by atoms with van der Waals surface area (Å²) in [5.74, 6) is 1.78. The first kappa shape index (κ1) is 19.0. The fraction of sp³-hybridized carbons (Fsp3) is 0.458. The minimum absolute atomic E-state index is 0.0232. The van der Waals surface area contributed by atoms with Crippen molar-refractivity contribution in [3.8, 4) is 16.9 Å². The zero-order chi connectivity index (χ0) is 20.0. The number of fused-ring (bicyclic) bond motifs is 2. The molecular weight excluding hydrogens is 382 g/mol. The average Bonchev–Trinajstić information content (AvgIpc) is 3.19. The second-order valence-corrected chi connectivity index (χ2v) is 9.35. The molecule has 0 bridgehead atoms. The highest BCUT2D eigenvalue weighted by Crippen LogP contribution is 2.41. The fourth-order valence-corrected chi connectivity index (χ4v) is 5.19. The lowest BCUT2D eigenvalue weighted by Gasteiger charge is -2.45. The van der Waals surface area contributed by atoms with Gasteiger partial charge in [0, 0.05) is 37.6 Å². The van der Waals surface area contributed by atoms with E-state index in [0.29, 0.717) is 5.15 Å². The van der Waals surface area contributed by atoms with Gasteiger partial charge < -0.3 is 9.64 Å². The Hall–Kier alpha value is -2.04. The molecule has 5 heteroatoms. The van der Waals surface area contributed by atoms with Gasteiger partial charge in [-0.3, -0.25) is 4.40 Å². The van der Waals surface area contributed by atoms with E-state index in [9.17, 15) is 0 Å². The van der Waals surface area contributed by atoms with Crippen molar-refractivity contribution >= 4 is 17.2 Å². The van der Waals surface area contributed by atoms with E-state index in [2.05, 4.69) is 48.0 Å². The van der Waals surface area contributed by atoms with E-state index in [1.165, 1.54) is 12.1 Å². The SMILES string of the molecule is CC(C)CN1CCC2(CCc3cc(-c4ccc5nccn5c4Cl)ccc3O2)CC1. The van der Waals surface area contributed by atoms with Crippen LogP contribution in [0, 0.1) is 5.92 Å². The Morgan fingerprint density at radius 1 is 1.14 bits per heavy atom. The second kappa shape index (κ2) is 7.33. The van der Waals surface area contributed by atoms with Crippen LogP contribution in [0.15, 0.2) is 42.7 Å². The van der Waals surface area contributed by atoms with Crippen molar-refractivity contribution in [2.75, 3.05) is 19.6 Å². The lowest BCUT2D eigenvalue weighted by molar-refractivity contribution is -0.0166. The average molecular weight is 410 g/mol. The van der Waals surface area contributed by atoms with E-state index < -0.39 is 0 Å². The third-order valence-electron chi connectivity index (χ3n) is 6.44. The Morgan fingerprint density at radius 2 is 1.97 bits per heavy atom. The molecule has 0 amide bonds. The smallest absolute Gasteiger partial charge is 0.137 e. The van der Waals surface area contributed by atoms with Gasteiger partial charge in [-0.25, -0.2) is 4.98 Å². The highest BCUT2D eigenvalue weighted by molar-refractivity contribution is 6.32. The summed E-state index contributed by atoms with van der Waals surface area (Å²) in [5.41, 5.74) is 4.35. The van der Waals surface area contributed by atoms with Crippen LogP contribution in [0.2, 0.25) is 5.15 Å². The number of imidazole rings is 1. The predicted octanol–water partition coefficient (Wildman–Crippen LogP) is 5.47. The van der Waals surface area contributed by atoms with E-state index in [4.69, 9.17) is 16.3 Å². The molecule has 0 atom stereocenters. The molecule has 5 rings (SSSR count). The monoisotopic (exact) mass is 409 g/mol. The number of pyridine rings is 1. The maximum Gasteiger partial charge on any atom is 0.137 e. The molecule has 29 heavy (non-hydrogen) atoms. The van der Waals surface area contributed by atoms with Gasteiger partial charge in [0.15, 0.2) is 0 Å². The van der Waals surface area contributed by atoms with Gasteiger partial charge in [0.05, 0.1) is 0 Å². The largest absolute Gasteiger partial charge is 0.487 e.